The van der Waals surface area contributed by atoms with E-state index < -0.39 is 36.4 Å². The molecule has 1 aliphatic carbocycles. The van der Waals surface area contributed by atoms with Crippen molar-refractivity contribution in [2.45, 2.75) is 68.5 Å². The molecule has 1 aromatic heterocycles. The van der Waals surface area contributed by atoms with Crippen molar-refractivity contribution in [3.05, 3.63) is 70.9 Å². The van der Waals surface area contributed by atoms with Crippen LogP contribution in [-0.4, -0.2) is 74.5 Å². The lowest BCUT2D eigenvalue weighted by molar-refractivity contribution is -0.170. The molecule has 0 saturated heterocycles. The largest absolute Gasteiger partial charge is 0.481 e. The Morgan fingerprint density at radius 2 is 1.54 bits per heavy atom. The number of aromatic nitrogens is 1. The van der Waals surface area contributed by atoms with Crippen LogP contribution in [0.1, 0.15) is 60.9 Å². The highest BCUT2D eigenvalue weighted by atomic mass is 16.4. The molecule has 0 amide bonds. The van der Waals surface area contributed by atoms with Crippen LogP contribution in [0.25, 0.3) is 10.9 Å². The molecule has 0 bridgehead atoms. The van der Waals surface area contributed by atoms with Gasteiger partial charge in [-0.15, -0.1) is 0 Å². The Morgan fingerprint density at radius 3 is 2.07 bits per heavy atom. The molecule has 0 unspecified atom stereocenters. The molecule has 2 aliphatic rings. The first-order valence-electron chi connectivity index (χ1n) is 13.8. The van der Waals surface area contributed by atoms with Crippen LogP contribution < -0.4 is 5.32 Å². The van der Waals surface area contributed by atoms with Crippen LogP contribution in [0.5, 0.6) is 0 Å². The number of carboxylic acids is 3. The van der Waals surface area contributed by atoms with E-state index in [1.54, 1.807) is 5.56 Å². The van der Waals surface area contributed by atoms with Crippen LogP contribution in [0.2, 0.25) is 0 Å². The molecule has 1 saturated carbocycles. The normalized spacial score (nSPS) is 22.2. The maximum atomic E-state index is 10.3. The Balaban J connectivity index is 0.000000254. The average Bonchev–Trinajstić information content (AvgIpc) is 3.28. The summed E-state index contributed by atoms with van der Waals surface area (Å²) < 4.78 is 0. The van der Waals surface area contributed by atoms with Gasteiger partial charge in [-0.05, 0) is 76.4 Å². The third-order valence-electron chi connectivity index (χ3n) is 8.76. The van der Waals surface area contributed by atoms with Crippen LogP contribution >= 0.6 is 0 Å². The first kappa shape index (κ1) is 30.2. The van der Waals surface area contributed by atoms with Gasteiger partial charge in [0.05, 0.1) is 18.4 Å². The minimum Gasteiger partial charge on any atom is -0.481 e. The van der Waals surface area contributed by atoms with Crippen LogP contribution in [-0.2, 0) is 31.9 Å². The minimum absolute atomic E-state index is 0.0921. The summed E-state index contributed by atoms with van der Waals surface area (Å²) in [6.45, 7) is 3.27. The zero-order chi connectivity index (χ0) is 30.0. The van der Waals surface area contributed by atoms with Gasteiger partial charge in [0.25, 0.3) is 0 Å². The van der Waals surface area contributed by atoms with E-state index in [-0.39, 0.29) is 11.1 Å². The molecule has 41 heavy (non-hydrogen) atoms. The highest BCUT2D eigenvalue weighted by molar-refractivity contribution is 5.88. The minimum atomic E-state index is -2.74. The standard InChI is InChI=1S/C25H31N3.C6H8O7/c1-18-9-10-22-21(17-18)20-11-16-26-24(23(20)27-22)12-14-25(15-13-24,28(2)3)19-7-5-4-6-8-19;7-3(8)1-6(13,5(11)12)2-4(9)10/h4-10,17,26-27H,11-16H2,1-3H3;13H,1-2H2,(H,7,8)(H,9,10)(H,11,12). The molecule has 1 fully saturated rings. The van der Waals surface area contributed by atoms with Gasteiger partial charge in [-0.3, -0.25) is 14.5 Å². The summed E-state index contributed by atoms with van der Waals surface area (Å²) in [4.78, 5) is 36.8. The molecule has 10 heteroatoms. The summed E-state index contributed by atoms with van der Waals surface area (Å²) in [5.41, 5.74) is 4.60. The Hall–Kier alpha value is -3.73. The van der Waals surface area contributed by atoms with Gasteiger partial charge < -0.3 is 30.7 Å². The molecule has 5 rings (SSSR count). The number of nitrogens with zero attached hydrogens (tertiary/aromatic N) is 1. The number of aliphatic hydroxyl groups is 1. The Bertz CT molecular complexity index is 1410. The van der Waals surface area contributed by atoms with Gasteiger partial charge in [0, 0.05) is 28.7 Å². The second-order valence-electron chi connectivity index (χ2n) is 11.6. The molecule has 0 radical (unpaired) electrons. The number of carboxylic acid groups (broad SMARTS) is 3. The van der Waals surface area contributed by atoms with Crippen molar-refractivity contribution in [1.82, 2.24) is 15.2 Å². The van der Waals surface area contributed by atoms with E-state index in [9.17, 15) is 14.4 Å². The molecular weight excluding hydrogens is 526 g/mol. The number of carbonyl (C=O) groups is 3. The topological polar surface area (TPSA) is 163 Å². The molecule has 220 valence electrons. The van der Waals surface area contributed by atoms with Crippen molar-refractivity contribution in [2.75, 3.05) is 20.6 Å². The number of rotatable bonds is 7. The van der Waals surface area contributed by atoms with Crippen molar-refractivity contribution >= 4 is 28.8 Å². The Morgan fingerprint density at radius 1 is 0.927 bits per heavy atom. The summed E-state index contributed by atoms with van der Waals surface area (Å²) in [7, 11) is 4.49. The fourth-order valence-corrected chi connectivity index (χ4v) is 6.52. The second kappa shape index (κ2) is 11.6. The van der Waals surface area contributed by atoms with Crippen molar-refractivity contribution in [2.24, 2.45) is 0 Å². The van der Waals surface area contributed by atoms with E-state index in [1.165, 1.54) is 53.4 Å². The number of hydrogen-bond acceptors (Lipinski definition) is 6. The lowest BCUT2D eigenvalue weighted by atomic mass is 9.66. The number of nitrogens with one attached hydrogen (secondary N) is 2. The van der Waals surface area contributed by atoms with E-state index in [0.29, 0.717) is 0 Å². The Kier molecular flexibility index (Phi) is 8.58. The third kappa shape index (κ3) is 6.00. The smallest absolute Gasteiger partial charge is 0.336 e. The fourth-order valence-electron chi connectivity index (χ4n) is 6.52. The summed E-state index contributed by atoms with van der Waals surface area (Å²) in [5, 5.41) is 39.2. The zero-order valence-corrected chi connectivity index (χ0v) is 23.7. The predicted molar refractivity (Wildman–Crippen MR) is 154 cm³/mol. The second-order valence-corrected chi connectivity index (χ2v) is 11.6. The first-order chi connectivity index (χ1) is 19.3. The first-order valence-corrected chi connectivity index (χ1v) is 13.8. The number of aryl methyl sites for hydroxylation is 1. The molecular formula is C31H39N3O7. The molecule has 1 aliphatic heterocycles. The zero-order valence-electron chi connectivity index (χ0n) is 23.7. The number of benzene rings is 2. The monoisotopic (exact) mass is 565 g/mol. The lowest BCUT2D eigenvalue weighted by Gasteiger charge is -2.51. The number of hydrogen-bond donors (Lipinski definition) is 6. The van der Waals surface area contributed by atoms with Crippen molar-refractivity contribution < 1.29 is 34.8 Å². The van der Waals surface area contributed by atoms with Crippen LogP contribution in [0, 0.1) is 6.92 Å². The molecule has 1 spiro atoms. The van der Waals surface area contributed by atoms with Crippen molar-refractivity contribution in [3.8, 4) is 0 Å². The van der Waals surface area contributed by atoms with Gasteiger partial charge in [0.15, 0.2) is 5.60 Å². The summed E-state index contributed by atoms with van der Waals surface area (Å²) in [6.07, 6.45) is 3.51. The van der Waals surface area contributed by atoms with Crippen LogP contribution in [0.3, 0.4) is 0 Å². The molecule has 3 aromatic rings. The molecule has 2 aromatic carbocycles. The molecule has 0 atom stereocenters. The highest BCUT2D eigenvalue weighted by Crippen LogP contribution is 2.50. The molecule has 2 heterocycles. The van der Waals surface area contributed by atoms with Gasteiger partial charge >= 0.3 is 17.9 Å². The van der Waals surface area contributed by atoms with E-state index >= 15 is 0 Å². The van der Waals surface area contributed by atoms with Crippen molar-refractivity contribution in [3.63, 3.8) is 0 Å². The van der Waals surface area contributed by atoms with Crippen LogP contribution in [0.15, 0.2) is 48.5 Å². The van der Waals surface area contributed by atoms with E-state index in [4.69, 9.17) is 20.4 Å². The SMILES string of the molecule is Cc1ccc2[nH]c3c(c2c1)CCNC31CCC(c2ccccc2)(N(C)C)CC1.O=C(O)CC(O)(CC(=O)O)C(=O)O. The lowest BCUT2D eigenvalue weighted by Crippen LogP contribution is -2.55. The molecule has 6 N–H and O–H groups in total. The Labute approximate surface area is 239 Å². The van der Waals surface area contributed by atoms with Crippen molar-refractivity contribution in [1.29, 1.82) is 0 Å². The molecule has 10 nitrogen and oxygen atoms in total. The summed E-state index contributed by atoms with van der Waals surface area (Å²) >= 11 is 0. The maximum absolute atomic E-state index is 10.3. The number of aliphatic carboxylic acids is 3. The fraction of sp³-hybridized carbons (Fsp3) is 0.452. The van der Waals surface area contributed by atoms with Gasteiger partial charge in [0.1, 0.15) is 0 Å². The predicted octanol–water partition coefficient (Wildman–Crippen LogP) is 3.60. The van der Waals surface area contributed by atoms with Gasteiger partial charge in [0.2, 0.25) is 0 Å². The highest BCUT2D eigenvalue weighted by Gasteiger charge is 2.48. The van der Waals surface area contributed by atoms with Crippen LogP contribution in [0.4, 0.5) is 0 Å². The van der Waals surface area contributed by atoms with Gasteiger partial charge in [-0.2, -0.15) is 0 Å². The van der Waals surface area contributed by atoms with E-state index in [1.807, 2.05) is 0 Å². The summed E-state index contributed by atoms with van der Waals surface area (Å²) in [6, 6.07) is 17.9. The van der Waals surface area contributed by atoms with Gasteiger partial charge in [-0.25, -0.2) is 4.79 Å². The average molecular weight is 566 g/mol. The van der Waals surface area contributed by atoms with E-state index in [2.05, 4.69) is 84.8 Å². The third-order valence-corrected chi connectivity index (χ3v) is 8.76. The van der Waals surface area contributed by atoms with Gasteiger partial charge in [-0.1, -0.05) is 42.0 Å². The summed E-state index contributed by atoms with van der Waals surface area (Å²) in [5.74, 6) is -5.02. The number of aromatic amines is 1. The quantitative estimate of drug-likeness (QED) is 0.251. The van der Waals surface area contributed by atoms with E-state index in [0.717, 1.165) is 13.0 Å². The number of H-pyrrole nitrogens is 1. The number of fused-ring (bicyclic) bond motifs is 4. The maximum Gasteiger partial charge on any atom is 0.336 e.